The van der Waals surface area contributed by atoms with Gasteiger partial charge in [-0.05, 0) is 12.8 Å². The van der Waals surface area contributed by atoms with Crippen LogP contribution in [-0.2, 0) is 4.74 Å². The first kappa shape index (κ1) is 10.1. The summed E-state index contributed by atoms with van der Waals surface area (Å²) in [4.78, 5) is 8.26. The Labute approximate surface area is 88.2 Å². The maximum absolute atomic E-state index is 5.27. The molecule has 1 aliphatic rings. The number of aromatic nitrogens is 2. The van der Waals surface area contributed by atoms with Crippen molar-refractivity contribution in [1.82, 2.24) is 9.97 Å². The van der Waals surface area contributed by atoms with Crippen LogP contribution in [0.1, 0.15) is 12.8 Å². The van der Waals surface area contributed by atoms with Crippen molar-refractivity contribution in [1.29, 1.82) is 0 Å². The highest BCUT2D eigenvalue weighted by Gasteiger charge is 2.13. The zero-order chi connectivity index (χ0) is 10.5. The molecule has 2 heterocycles. The lowest BCUT2D eigenvalue weighted by Gasteiger charge is -2.23. The number of nitrogens with zero attached hydrogens (tertiary/aromatic N) is 2. The van der Waals surface area contributed by atoms with E-state index in [4.69, 9.17) is 10.6 Å². The number of ether oxygens (including phenoxy) is 1. The largest absolute Gasteiger partial charge is 0.381 e. The number of nitrogens with two attached hydrogens (primary N) is 1. The van der Waals surface area contributed by atoms with Crippen LogP contribution < -0.4 is 16.6 Å². The highest BCUT2D eigenvalue weighted by atomic mass is 16.5. The average Bonchev–Trinajstić information content (AvgIpc) is 2.31. The van der Waals surface area contributed by atoms with Crippen molar-refractivity contribution < 1.29 is 4.74 Å². The second kappa shape index (κ2) is 4.90. The third-order valence-electron chi connectivity index (χ3n) is 2.36. The van der Waals surface area contributed by atoms with Gasteiger partial charge in [0.05, 0.1) is 12.4 Å². The molecule has 0 bridgehead atoms. The van der Waals surface area contributed by atoms with Crippen LogP contribution in [0.4, 0.5) is 11.6 Å². The van der Waals surface area contributed by atoms with Crippen LogP contribution in [0.3, 0.4) is 0 Å². The number of hydrazine groups is 1. The van der Waals surface area contributed by atoms with Gasteiger partial charge >= 0.3 is 0 Å². The summed E-state index contributed by atoms with van der Waals surface area (Å²) < 4.78 is 5.27. The van der Waals surface area contributed by atoms with Gasteiger partial charge < -0.3 is 15.5 Å². The van der Waals surface area contributed by atoms with Crippen LogP contribution in [-0.4, -0.2) is 29.2 Å². The summed E-state index contributed by atoms with van der Waals surface area (Å²) in [5, 5.41) is 3.31. The Balaban J connectivity index is 1.96. The summed E-state index contributed by atoms with van der Waals surface area (Å²) in [5.74, 6) is 6.56. The normalized spacial score (nSPS) is 17.4. The van der Waals surface area contributed by atoms with Crippen molar-refractivity contribution in [3.8, 4) is 0 Å². The molecular weight excluding hydrogens is 194 g/mol. The molecule has 1 aromatic rings. The molecule has 0 radical (unpaired) electrons. The molecule has 1 aromatic heterocycles. The summed E-state index contributed by atoms with van der Waals surface area (Å²) in [7, 11) is 0. The van der Waals surface area contributed by atoms with E-state index in [1.807, 2.05) is 0 Å². The third kappa shape index (κ3) is 2.77. The fourth-order valence-corrected chi connectivity index (χ4v) is 1.56. The SMILES string of the molecule is NNc1cncc(NC2CCOCC2)n1. The van der Waals surface area contributed by atoms with Gasteiger partial charge in [-0.25, -0.2) is 10.8 Å². The number of nitrogen functional groups attached to an aromatic ring is 1. The Bertz CT molecular complexity index is 313. The molecule has 1 fully saturated rings. The lowest BCUT2D eigenvalue weighted by Crippen LogP contribution is -2.28. The van der Waals surface area contributed by atoms with E-state index in [0.717, 1.165) is 31.9 Å². The molecule has 0 aromatic carbocycles. The van der Waals surface area contributed by atoms with E-state index in [1.165, 1.54) is 0 Å². The lowest BCUT2D eigenvalue weighted by atomic mass is 10.1. The maximum Gasteiger partial charge on any atom is 0.160 e. The highest BCUT2D eigenvalue weighted by molar-refractivity contribution is 5.41. The zero-order valence-corrected chi connectivity index (χ0v) is 8.44. The molecule has 4 N–H and O–H groups in total. The van der Waals surface area contributed by atoms with E-state index < -0.39 is 0 Å². The fourth-order valence-electron chi connectivity index (χ4n) is 1.56. The zero-order valence-electron chi connectivity index (χ0n) is 8.44. The van der Waals surface area contributed by atoms with Crippen LogP contribution >= 0.6 is 0 Å². The van der Waals surface area contributed by atoms with Gasteiger partial charge in [-0.1, -0.05) is 0 Å². The highest BCUT2D eigenvalue weighted by Crippen LogP contribution is 2.13. The molecule has 2 rings (SSSR count). The quantitative estimate of drug-likeness (QED) is 0.492. The molecular formula is C9H15N5O. The summed E-state index contributed by atoms with van der Waals surface area (Å²) in [6.45, 7) is 1.61. The molecule has 15 heavy (non-hydrogen) atoms. The molecule has 0 unspecified atom stereocenters. The van der Waals surface area contributed by atoms with Crippen LogP contribution in [0.25, 0.3) is 0 Å². The smallest absolute Gasteiger partial charge is 0.160 e. The minimum atomic E-state index is 0.418. The first-order chi connectivity index (χ1) is 7.38. The van der Waals surface area contributed by atoms with Crippen molar-refractivity contribution in [3.63, 3.8) is 0 Å². The van der Waals surface area contributed by atoms with E-state index >= 15 is 0 Å². The summed E-state index contributed by atoms with van der Waals surface area (Å²) >= 11 is 0. The third-order valence-corrected chi connectivity index (χ3v) is 2.36. The van der Waals surface area contributed by atoms with Gasteiger partial charge in [-0.15, -0.1) is 0 Å². The average molecular weight is 209 g/mol. The standard InChI is InChI=1S/C9H15N5O/c10-14-9-6-11-5-8(13-9)12-7-1-3-15-4-2-7/h5-7H,1-4,10H2,(H2,12,13,14). The Kier molecular flexibility index (Phi) is 3.31. The van der Waals surface area contributed by atoms with Gasteiger partial charge in [0, 0.05) is 19.3 Å². The van der Waals surface area contributed by atoms with Crippen molar-refractivity contribution in [2.75, 3.05) is 24.0 Å². The molecule has 6 heteroatoms. The van der Waals surface area contributed by atoms with Gasteiger partial charge in [-0.2, -0.15) is 0 Å². The van der Waals surface area contributed by atoms with Crippen LogP contribution in [0.5, 0.6) is 0 Å². The number of hydrogen-bond acceptors (Lipinski definition) is 6. The van der Waals surface area contributed by atoms with Gasteiger partial charge in [0.25, 0.3) is 0 Å². The molecule has 0 saturated carbocycles. The minimum absolute atomic E-state index is 0.418. The van der Waals surface area contributed by atoms with Crippen molar-refractivity contribution in [2.24, 2.45) is 5.84 Å². The first-order valence-electron chi connectivity index (χ1n) is 5.01. The second-order valence-electron chi connectivity index (χ2n) is 3.46. The molecule has 82 valence electrons. The number of rotatable bonds is 3. The predicted molar refractivity (Wildman–Crippen MR) is 57.3 cm³/mol. The van der Waals surface area contributed by atoms with E-state index in [9.17, 15) is 0 Å². The Hall–Kier alpha value is -1.40. The second-order valence-corrected chi connectivity index (χ2v) is 3.46. The maximum atomic E-state index is 5.27. The van der Waals surface area contributed by atoms with Crippen LogP contribution in [0.2, 0.25) is 0 Å². The van der Waals surface area contributed by atoms with Crippen LogP contribution in [0, 0.1) is 0 Å². The van der Waals surface area contributed by atoms with Crippen molar-refractivity contribution in [3.05, 3.63) is 12.4 Å². The number of nitrogens with one attached hydrogen (secondary N) is 2. The first-order valence-corrected chi connectivity index (χ1v) is 5.01. The molecule has 0 aliphatic carbocycles. The van der Waals surface area contributed by atoms with Gasteiger partial charge in [0.1, 0.15) is 5.82 Å². The van der Waals surface area contributed by atoms with Gasteiger partial charge in [0.15, 0.2) is 5.82 Å². The Morgan fingerprint density at radius 2 is 2.00 bits per heavy atom. The number of hydrogen-bond donors (Lipinski definition) is 3. The Morgan fingerprint density at radius 1 is 1.27 bits per heavy atom. The molecule has 0 spiro atoms. The monoisotopic (exact) mass is 209 g/mol. The summed E-state index contributed by atoms with van der Waals surface area (Å²) in [5.41, 5.74) is 2.47. The topological polar surface area (TPSA) is 85.1 Å². The molecule has 6 nitrogen and oxygen atoms in total. The molecule has 1 saturated heterocycles. The van der Waals surface area contributed by atoms with E-state index in [-0.39, 0.29) is 0 Å². The summed E-state index contributed by atoms with van der Waals surface area (Å²) in [6, 6.07) is 0.418. The summed E-state index contributed by atoms with van der Waals surface area (Å²) in [6.07, 6.45) is 5.27. The van der Waals surface area contributed by atoms with Crippen LogP contribution in [0.15, 0.2) is 12.4 Å². The predicted octanol–water partition coefficient (Wildman–Crippen LogP) is 0.353. The molecule has 0 atom stereocenters. The lowest BCUT2D eigenvalue weighted by molar-refractivity contribution is 0.0904. The van der Waals surface area contributed by atoms with Crippen molar-refractivity contribution >= 4 is 11.6 Å². The van der Waals surface area contributed by atoms with E-state index in [0.29, 0.717) is 11.9 Å². The minimum Gasteiger partial charge on any atom is -0.381 e. The fraction of sp³-hybridized carbons (Fsp3) is 0.556. The Morgan fingerprint density at radius 3 is 2.73 bits per heavy atom. The number of anilines is 2. The van der Waals surface area contributed by atoms with Crippen molar-refractivity contribution in [2.45, 2.75) is 18.9 Å². The molecule has 0 amide bonds. The molecule has 1 aliphatic heterocycles. The van der Waals surface area contributed by atoms with E-state index in [1.54, 1.807) is 12.4 Å². The van der Waals surface area contributed by atoms with Gasteiger partial charge in [-0.3, -0.25) is 4.98 Å². The van der Waals surface area contributed by atoms with E-state index in [2.05, 4.69) is 20.7 Å². The van der Waals surface area contributed by atoms with Gasteiger partial charge in [0.2, 0.25) is 0 Å².